The largest absolute Gasteiger partial charge is 0.330 e. The van der Waals surface area contributed by atoms with Gasteiger partial charge >= 0.3 is 0 Å². The van der Waals surface area contributed by atoms with Crippen LogP contribution in [0.15, 0.2) is 22.8 Å². The molecule has 0 bridgehead atoms. The Morgan fingerprint density at radius 2 is 2.05 bits per heavy atom. The van der Waals surface area contributed by atoms with Gasteiger partial charge in [-0.25, -0.2) is 0 Å². The second-order valence-corrected chi connectivity index (χ2v) is 7.28. The summed E-state index contributed by atoms with van der Waals surface area (Å²) in [5.74, 6) is 0.750. The molecule has 2 N–H and O–H groups in total. The lowest BCUT2D eigenvalue weighted by Gasteiger charge is -2.30. The van der Waals surface area contributed by atoms with Crippen molar-refractivity contribution in [2.75, 3.05) is 6.54 Å². The lowest BCUT2D eigenvalue weighted by molar-refractivity contribution is -0.118. The van der Waals surface area contributed by atoms with E-state index in [0.29, 0.717) is 25.3 Å². The van der Waals surface area contributed by atoms with Crippen LogP contribution in [0.25, 0.3) is 0 Å². The normalized spacial score (nSPS) is 13.2. The number of carbonyl (C=O) groups excluding carboxylic acids is 1. The molecule has 1 atom stereocenters. The highest BCUT2D eigenvalue weighted by molar-refractivity contribution is 9.10. The standard InChI is InChI=1S/C16H25BrN2O/c1-16(2,3)12(8-9-18)4-7-15(20)10-14-6-5-13(17)11-19-14/h5-6,11-12H,4,7-10,18H2,1-3H3. The summed E-state index contributed by atoms with van der Waals surface area (Å²) in [7, 11) is 0. The smallest absolute Gasteiger partial charge is 0.138 e. The summed E-state index contributed by atoms with van der Waals surface area (Å²) in [6, 6.07) is 3.81. The van der Waals surface area contributed by atoms with Crippen molar-refractivity contribution in [1.29, 1.82) is 0 Å². The van der Waals surface area contributed by atoms with Crippen LogP contribution < -0.4 is 5.73 Å². The molecule has 0 fully saturated rings. The number of pyridine rings is 1. The highest BCUT2D eigenvalue weighted by Crippen LogP contribution is 2.32. The molecule has 1 aromatic heterocycles. The van der Waals surface area contributed by atoms with Crippen molar-refractivity contribution >= 4 is 21.7 Å². The van der Waals surface area contributed by atoms with Gasteiger partial charge in [0.05, 0.1) is 0 Å². The highest BCUT2D eigenvalue weighted by atomic mass is 79.9. The van der Waals surface area contributed by atoms with Gasteiger partial charge in [-0.2, -0.15) is 0 Å². The third-order valence-corrected chi connectivity index (χ3v) is 4.15. The number of nitrogens with zero attached hydrogens (tertiary/aromatic N) is 1. The fourth-order valence-electron chi connectivity index (χ4n) is 2.35. The number of rotatable bonds is 7. The van der Waals surface area contributed by atoms with Gasteiger partial charge < -0.3 is 5.73 Å². The van der Waals surface area contributed by atoms with E-state index >= 15 is 0 Å². The molecule has 1 aromatic rings. The van der Waals surface area contributed by atoms with E-state index in [9.17, 15) is 4.79 Å². The van der Waals surface area contributed by atoms with Crippen molar-refractivity contribution in [3.63, 3.8) is 0 Å². The van der Waals surface area contributed by atoms with Gasteiger partial charge in [-0.3, -0.25) is 9.78 Å². The zero-order valence-electron chi connectivity index (χ0n) is 12.7. The summed E-state index contributed by atoms with van der Waals surface area (Å²) >= 11 is 3.34. The summed E-state index contributed by atoms with van der Waals surface area (Å²) in [6.07, 6.45) is 4.66. The number of aromatic nitrogens is 1. The minimum Gasteiger partial charge on any atom is -0.330 e. The fraction of sp³-hybridized carbons (Fsp3) is 0.625. The maximum absolute atomic E-state index is 12.1. The Hall–Kier alpha value is -0.740. The van der Waals surface area contributed by atoms with E-state index in [-0.39, 0.29) is 11.2 Å². The molecular formula is C16H25BrN2O. The number of halogens is 1. The molecule has 0 saturated carbocycles. The fourth-order valence-corrected chi connectivity index (χ4v) is 2.58. The van der Waals surface area contributed by atoms with Crippen LogP contribution in [-0.2, 0) is 11.2 Å². The second-order valence-electron chi connectivity index (χ2n) is 6.36. The molecular weight excluding hydrogens is 316 g/mol. The van der Waals surface area contributed by atoms with Gasteiger partial charge in [0.2, 0.25) is 0 Å². The van der Waals surface area contributed by atoms with Crippen LogP contribution >= 0.6 is 15.9 Å². The molecule has 0 aliphatic carbocycles. The molecule has 1 rings (SSSR count). The lowest BCUT2D eigenvalue weighted by atomic mass is 9.76. The van der Waals surface area contributed by atoms with Crippen LogP contribution in [0.1, 0.15) is 45.7 Å². The maximum atomic E-state index is 12.1. The average molecular weight is 341 g/mol. The summed E-state index contributed by atoms with van der Waals surface area (Å²) in [5, 5.41) is 0. The third-order valence-electron chi connectivity index (χ3n) is 3.68. The van der Waals surface area contributed by atoms with Gasteiger partial charge in [0, 0.05) is 29.2 Å². The lowest BCUT2D eigenvalue weighted by Crippen LogP contribution is -2.24. The molecule has 0 radical (unpaired) electrons. The van der Waals surface area contributed by atoms with Crippen molar-refractivity contribution < 1.29 is 4.79 Å². The van der Waals surface area contributed by atoms with E-state index < -0.39 is 0 Å². The zero-order chi connectivity index (χ0) is 15.2. The molecule has 0 amide bonds. The molecule has 1 heterocycles. The van der Waals surface area contributed by atoms with Gasteiger partial charge in [0.1, 0.15) is 5.78 Å². The quantitative estimate of drug-likeness (QED) is 0.822. The molecule has 4 heteroatoms. The number of Topliss-reactive ketones (excluding diaryl/α,β-unsaturated/α-hetero) is 1. The van der Waals surface area contributed by atoms with Crippen LogP contribution in [0.5, 0.6) is 0 Å². The molecule has 20 heavy (non-hydrogen) atoms. The molecule has 0 aromatic carbocycles. The molecule has 0 spiro atoms. The molecule has 0 aliphatic rings. The van der Waals surface area contributed by atoms with Gasteiger partial charge in [0.15, 0.2) is 0 Å². The van der Waals surface area contributed by atoms with Crippen LogP contribution in [0.4, 0.5) is 0 Å². The van der Waals surface area contributed by atoms with Crippen LogP contribution in [0.2, 0.25) is 0 Å². The monoisotopic (exact) mass is 340 g/mol. The third kappa shape index (κ3) is 6.14. The summed E-state index contributed by atoms with van der Waals surface area (Å²) in [6.45, 7) is 7.33. The minimum atomic E-state index is 0.204. The number of nitrogens with two attached hydrogens (primary N) is 1. The van der Waals surface area contributed by atoms with Crippen molar-refractivity contribution in [2.24, 2.45) is 17.1 Å². The van der Waals surface area contributed by atoms with Gasteiger partial charge in [-0.15, -0.1) is 0 Å². The topological polar surface area (TPSA) is 56.0 Å². The SMILES string of the molecule is CC(C)(C)C(CCN)CCC(=O)Cc1ccc(Br)cn1. The van der Waals surface area contributed by atoms with E-state index in [1.54, 1.807) is 6.20 Å². The Morgan fingerprint density at radius 3 is 2.55 bits per heavy atom. The van der Waals surface area contributed by atoms with Gasteiger partial charge in [0.25, 0.3) is 0 Å². The maximum Gasteiger partial charge on any atom is 0.138 e. The molecule has 0 saturated heterocycles. The number of ketones is 1. The van der Waals surface area contributed by atoms with Crippen LogP contribution in [-0.4, -0.2) is 17.3 Å². The second kappa shape index (κ2) is 7.89. The number of hydrogen-bond acceptors (Lipinski definition) is 3. The molecule has 1 unspecified atom stereocenters. The summed E-state index contributed by atoms with van der Waals surface area (Å²) in [4.78, 5) is 16.3. The molecule has 3 nitrogen and oxygen atoms in total. The van der Waals surface area contributed by atoms with Crippen molar-refractivity contribution in [1.82, 2.24) is 4.98 Å². The predicted octanol–water partition coefficient (Wildman–Crippen LogP) is 3.75. The van der Waals surface area contributed by atoms with E-state index in [1.807, 2.05) is 12.1 Å². The number of hydrogen-bond donors (Lipinski definition) is 1. The van der Waals surface area contributed by atoms with Crippen molar-refractivity contribution in [2.45, 2.75) is 46.5 Å². The first-order valence-electron chi connectivity index (χ1n) is 7.15. The summed E-state index contributed by atoms with van der Waals surface area (Å²) < 4.78 is 0.935. The minimum absolute atomic E-state index is 0.204. The molecule has 0 aliphatic heterocycles. The van der Waals surface area contributed by atoms with Crippen molar-refractivity contribution in [3.05, 3.63) is 28.5 Å². The van der Waals surface area contributed by atoms with E-state index in [0.717, 1.165) is 23.0 Å². The van der Waals surface area contributed by atoms with Gasteiger partial charge in [-0.1, -0.05) is 20.8 Å². The van der Waals surface area contributed by atoms with Crippen molar-refractivity contribution in [3.8, 4) is 0 Å². The Bertz CT molecular complexity index is 423. The zero-order valence-corrected chi connectivity index (χ0v) is 14.2. The Morgan fingerprint density at radius 1 is 1.35 bits per heavy atom. The van der Waals surface area contributed by atoms with Crippen LogP contribution in [0, 0.1) is 11.3 Å². The first kappa shape index (κ1) is 17.3. The Balaban J connectivity index is 2.47. The van der Waals surface area contributed by atoms with E-state index in [2.05, 4.69) is 41.7 Å². The molecule has 112 valence electrons. The number of carbonyl (C=O) groups is 1. The Labute approximate surface area is 130 Å². The summed E-state index contributed by atoms with van der Waals surface area (Å²) in [5.41, 5.74) is 6.71. The van der Waals surface area contributed by atoms with Crippen LogP contribution in [0.3, 0.4) is 0 Å². The van der Waals surface area contributed by atoms with E-state index in [4.69, 9.17) is 5.73 Å². The van der Waals surface area contributed by atoms with E-state index in [1.165, 1.54) is 0 Å². The average Bonchev–Trinajstić information content (AvgIpc) is 2.36. The first-order chi connectivity index (χ1) is 9.32. The van der Waals surface area contributed by atoms with Gasteiger partial charge in [-0.05, 0) is 58.8 Å². The predicted molar refractivity (Wildman–Crippen MR) is 86.5 cm³/mol. The Kier molecular flexibility index (Phi) is 6.83. The highest BCUT2D eigenvalue weighted by Gasteiger charge is 2.24. The first-order valence-corrected chi connectivity index (χ1v) is 7.94.